The molecule has 25 heavy (non-hydrogen) atoms. The molecule has 0 aromatic heterocycles. The Labute approximate surface area is 159 Å². The first-order chi connectivity index (χ1) is 12.4. The molecule has 0 aliphatic rings. The summed E-state index contributed by atoms with van der Waals surface area (Å²) in [5, 5.41) is 0. The lowest BCUT2D eigenvalue weighted by molar-refractivity contribution is 0.533. The molecule has 0 saturated carbocycles. The third-order valence-electron chi connectivity index (χ3n) is 5.04. The van der Waals surface area contributed by atoms with Crippen molar-refractivity contribution in [2.75, 3.05) is 0 Å². The molecule has 0 amide bonds. The Bertz CT molecular complexity index is 269. The van der Waals surface area contributed by atoms with Gasteiger partial charge in [0.1, 0.15) is 0 Å². The van der Waals surface area contributed by atoms with Crippen LogP contribution < -0.4 is 0 Å². The number of hydrogen-bond acceptors (Lipinski definition) is 1. The molecule has 0 unspecified atom stereocenters. The molecule has 147 valence electrons. The van der Waals surface area contributed by atoms with Crippen molar-refractivity contribution in [1.82, 2.24) is 0 Å². The predicted molar refractivity (Wildman–Crippen MR) is 113 cm³/mol. The zero-order valence-electron chi connectivity index (χ0n) is 17.2. The Morgan fingerprint density at radius 2 is 0.880 bits per heavy atom. The van der Waals surface area contributed by atoms with Crippen molar-refractivity contribution >= 4 is 6.29 Å². The van der Waals surface area contributed by atoms with E-state index in [0.717, 1.165) is 6.42 Å². The highest BCUT2D eigenvalue weighted by Gasteiger charge is 1.93. The van der Waals surface area contributed by atoms with Crippen molar-refractivity contribution < 1.29 is 4.79 Å². The van der Waals surface area contributed by atoms with Gasteiger partial charge >= 0.3 is 0 Å². The molecule has 0 aromatic carbocycles. The molecule has 1 heteroatoms. The van der Waals surface area contributed by atoms with Gasteiger partial charge in [-0.05, 0) is 32.1 Å². The predicted octanol–water partition coefficient (Wildman–Crippen LogP) is 8.47. The molecule has 0 heterocycles. The van der Waals surface area contributed by atoms with Crippen molar-refractivity contribution in [2.45, 2.75) is 135 Å². The highest BCUT2D eigenvalue weighted by molar-refractivity contribution is 5.50. The summed E-state index contributed by atoms with van der Waals surface area (Å²) in [6, 6.07) is 0. The van der Waals surface area contributed by atoms with Crippen LogP contribution in [0.25, 0.3) is 0 Å². The molecular weight excluding hydrogens is 304 g/mol. The maximum absolute atomic E-state index is 10.1. The Kier molecular flexibility index (Phi) is 22.9. The van der Waals surface area contributed by atoms with E-state index in [-0.39, 0.29) is 0 Å². The van der Waals surface area contributed by atoms with Crippen LogP contribution >= 0.6 is 0 Å². The van der Waals surface area contributed by atoms with Crippen LogP contribution in [0.5, 0.6) is 0 Å². The smallest absolute Gasteiger partial charge is 0.198 e. The molecule has 0 rings (SSSR count). The number of allylic oxidation sites excluding steroid dienone is 2. The Morgan fingerprint density at radius 1 is 0.520 bits per heavy atom. The second kappa shape index (κ2) is 23.4. The summed E-state index contributed by atoms with van der Waals surface area (Å²) in [7, 11) is 0. The van der Waals surface area contributed by atoms with Crippen LogP contribution in [0.2, 0.25) is 0 Å². The van der Waals surface area contributed by atoms with Gasteiger partial charge in [-0.1, -0.05) is 109 Å². The second-order valence-corrected chi connectivity index (χ2v) is 7.60. The fourth-order valence-corrected chi connectivity index (χ4v) is 3.33. The first kappa shape index (κ1) is 24.4. The van der Waals surface area contributed by atoms with E-state index in [1.165, 1.54) is 116 Å². The molecule has 0 aliphatic heterocycles. The minimum atomic E-state index is 0.633. The van der Waals surface area contributed by atoms with Gasteiger partial charge in [-0.15, -0.1) is 0 Å². The second-order valence-electron chi connectivity index (χ2n) is 7.60. The van der Waals surface area contributed by atoms with Gasteiger partial charge in [0, 0.05) is 6.42 Å². The zero-order valence-corrected chi connectivity index (χ0v) is 17.2. The molecular formula is C24H45O. The van der Waals surface area contributed by atoms with E-state index >= 15 is 0 Å². The monoisotopic (exact) mass is 349 g/mol. The lowest BCUT2D eigenvalue weighted by Crippen LogP contribution is -1.83. The Balaban J connectivity index is 3.04. The minimum Gasteiger partial charge on any atom is -0.291 e. The summed E-state index contributed by atoms with van der Waals surface area (Å²) >= 11 is 0. The number of carbonyl (C=O) groups excluding carboxylic acids is 1. The Hall–Kier alpha value is -0.590. The summed E-state index contributed by atoms with van der Waals surface area (Å²) in [6.07, 6.45) is 33.1. The van der Waals surface area contributed by atoms with Crippen molar-refractivity contribution in [2.24, 2.45) is 0 Å². The quantitative estimate of drug-likeness (QED) is 0.150. The van der Waals surface area contributed by atoms with Crippen LogP contribution in [-0.2, 0) is 4.79 Å². The minimum absolute atomic E-state index is 0.633. The topological polar surface area (TPSA) is 17.1 Å². The van der Waals surface area contributed by atoms with Gasteiger partial charge in [0.15, 0.2) is 6.29 Å². The van der Waals surface area contributed by atoms with E-state index in [0.29, 0.717) is 6.42 Å². The summed E-state index contributed by atoms with van der Waals surface area (Å²) < 4.78 is 0. The summed E-state index contributed by atoms with van der Waals surface area (Å²) in [5.41, 5.74) is 0. The largest absolute Gasteiger partial charge is 0.291 e. The van der Waals surface area contributed by atoms with Gasteiger partial charge in [-0.2, -0.15) is 0 Å². The van der Waals surface area contributed by atoms with Gasteiger partial charge < -0.3 is 0 Å². The molecule has 0 bridgehead atoms. The highest BCUT2D eigenvalue weighted by Crippen LogP contribution is 2.13. The SMILES string of the molecule is CCCCCCCC/C=C\CCCCCCCCCCCCC[C]=O. The van der Waals surface area contributed by atoms with Gasteiger partial charge in [0.25, 0.3) is 0 Å². The van der Waals surface area contributed by atoms with Gasteiger partial charge in [-0.3, -0.25) is 4.79 Å². The van der Waals surface area contributed by atoms with Crippen molar-refractivity contribution in [3.05, 3.63) is 12.2 Å². The van der Waals surface area contributed by atoms with E-state index in [1.54, 1.807) is 0 Å². The van der Waals surface area contributed by atoms with Crippen molar-refractivity contribution in [3.8, 4) is 0 Å². The number of unbranched alkanes of at least 4 members (excludes halogenated alkanes) is 18. The van der Waals surface area contributed by atoms with Crippen LogP contribution in [-0.4, -0.2) is 6.29 Å². The van der Waals surface area contributed by atoms with Gasteiger partial charge in [0.2, 0.25) is 0 Å². The molecule has 1 radical (unpaired) electrons. The molecule has 0 fully saturated rings. The summed E-state index contributed by atoms with van der Waals surface area (Å²) in [4.78, 5) is 10.1. The molecule has 0 aromatic rings. The lowest BCUT2D eigenvalue weighted by Gasteiger charge is -2.02. The van der Waals surface area contributed by atoms with E-state index < -0.39 is 0 Å². The van der Waals surface area contributed by atoms with Crippen molar-refractivity contribution in [1.29, 1.82) is 0 Å². The first-order valence-electron chi connectivity index (χ1n) is 11.4. The maximum Gasteiger partial charge on any atom is 0.198 e. The van der Waals surface area contributed by atoms with Crippen LogP contribution in [0.3, 0.4) is 0 Å². The molecule has 0 atom stereocenters. The normalized spacial score (nSPS) is 11.4. The van der Waals surface area contributed by atoms with Gasteiger partial charge in [0.05, 0.1) is 0 Å². The first-order valence-corrected chi connectivity index (χ1v) is 11.4. The third kappa shape index (κ3) is 23.4. The number of hydrogen-bond donors (Lipinski definition) is 0. The zero-order chi connectivity index (χ0) is 18.3. The van der Waals surface area contributed by atoms with Crippen LogP contribution in [0.1, 0.15) is 135 Å². The number of rotatable bonds is 21. The van der Waals surface area contributed by atoms with E-state index in [9.17, 15) is 4.79 Å². The molecule has 1 nitrogen and oxygen atoms in total. The molecule has 0 aliphatic carbocycles. The summed E-state index contributed by atoms with van der Waals surface area (Å²) in [6.45, 7) is 2.28. The van der Waals surface area contributed by atoms with Gasteiger partial charge in [-0.25, -0.2) is 0 Å². The van der Waals surface area contributed by atoms with Crippen LogP contribution in [0.15, 0.2) is 12.2 Å². The summed E-state index contributed by atoms with van der Waals surface area (Å²) in [5.74, 6) is 0. The third-order valence-corrected chi connectivity index (χ3v) is 5.04. The standard InChI is InChI=1S/C24H45O/c1-2-3-4-5-6-7-8-9-10-11-12-13-14-15-16-17-18-19-20-21-22-23-24-25/h9-10H,2-8,11-23H2,1H3/b10-9-. The lowest BCUT2D eigenvalue weighted by atomic mass is 10.0. The van der Waals surface area contributed by atoms with E-state index in [1.807, 2.05) is 6.29 Å². The molecule has 0 saturated heterocycles. The Morgan fingerprint density at radius 3 is 1.28 bits per heavy atom. The molecule has 0 N–H and O–H groups in total. The molecule has 0 spiro atoms. The van der Waals surface area contributed by atoms with Crippen LogP contribution in [0, 0.1) is 0 Å². The highest BCUT2D eigenvalue weighted by atomic mass is 16.1. The van der Waals surface area contributed by atoms with Crippen LogP contribution in [0.4, 0.5) is 0 Å². The fraction of sp³-hybridized carbons (Fsp3) is 0.875. The average Bonchev–Trinajstić information content (AvgIpc) is 2.63. The average molecular weight is 350 g/mol. The fourth-order valence-electron chi connectivity index (χ4n) is 3.33. The van der Waals surface area contributed by atoms with Crippen molar-refractivity contribution in [3.63, 3.8) is 0 Å². The maximum atomic E-state index is 10.1. The van der Waals surface area contributed by atoms with E-state index in [2.05, 4.69) is 19.1 Å². The van der Waals surface area contributed by atoms with E-state index in [4.69, 9.17) is 0 Å².